The number of hydrogen-bond acceptors (Lipinski definition) is 3. The molecule has 1 aromatic rings. The summed E-state index contributed by atoms with van der Waals surface area (Å²) in [6.07, 6.45) is 9.15. The Morgan fingerprint density at radius 2 is 2.09 bits per heavy atom. The van der Waals surface area contributed by atoms with Gasteiger partial charge in [-0.05, 0) is 50.1 Å². The van der Waals surface area contributed by atoms with Crippen molar-refractivity contribution in [3.05, 3.63) is 63.8 Å². The van der Waals surface area contributed by atoms with Crippen molar-refractivity contribution in [1.29, 1.82) is 0 Å². The molecule has 0 aliphatic rings. The molecule has 4 heteroatoms. The predicted molar refractivity (Wildman–Crippen MR) is 103 cm³/mol. The molecule has 0 aromatic heterocycles. The second kappa shape index (κ2) is 10.1. The highest BCUT2D eigenvalue weighted by Gasteiger charge is 2.12. The molecule has 0 aliphatic carbocycles. The number of rotatable bonds is 7. The normalized spacial score (nSPS) is 13.7. The first kappa shape index (κ1) is 19.2. The molecule has 0 saturated carbocycles. The minimum Gasteiger partial charge on any atom is -0.496 e. The minimum atomic E-state index is 0.541. The summed E-state index contributed by atoms with van der Waals surface area (Å²) in [5, 5.41) is 0. The molecular weight excluding hydrogens is 352 g/mol. The van der Waals surface area contributed by atoms with Gasteiger partial charge in [-0.2, -0.15) is 0 Å². The number of benzene rings is 1. The third-order valence-electron chi connectivity index (χ3n) is 3.17. The van der Waals surface area contributed by atoms with Gasteiger partial charge >= 0.3 is 0 Å². The van der Waals surface area contributed by atoms with E-state index >= 15 is 0 Å². The van der Waals surface area contributed by atoms with Crippen LogP contribution in [0.15, 0.2) is 63.2 Å². The van der Waals surface area contributed by atoms with Crippen molar-refractivity contribution >= 4 is 21.6 Å². The van der Waals surface area contributed by atoms with Crippen molar-refractivity contribution in [1.82, 2.24) is 0 Å². The number of allylic oxidation sites excluding steroid dienone is 5. The quantitative estimate of drug-likeness (QED) is 0.536. The Labute approximate surface area is 147 Å². The largest absolute Gasteiger partial charge is 0.496 e. The van der Waals surface area contributed by atoms with Crippen LogP contribution in [0.1, 0.15) is 32.8 Å². The Kier molecular flexibility index (Phi) is 8.41. The van der Waals surface area contributed by atoms with Crippen molar-refractivity contribution in [2.75, 3.05) is 13.7 Å². The SMILES string of the molecule is CC/C=C\C=C(/C)C(=NC/C=C(\C)N)c1ccc(Br)cc1OC. The van der Waals surface area contributed by atoms with Crippen LogP contribution in [0, 0.1) is 0 Å². The lowest BCUT2D eigenvalue weighted by molar-refractivity contribution is 0.413. The highest BCUT2D eigenvalue weighted by molar-refractivity contribution is 9.10. The lowest BCUT2D eigenvalue weighted by Crippen LogP contribution is -2.07. The summed E-state index contributed by atoms with van der Waals surface area (Å²) in [5.41, 5.74) is 9.43. The number of nitrogens with two attached hydrogens (primary N) is 1. The van der Waals surface area contributed by atoms with Gasteiger partial charge in [0.2, 0.25) is 0 Å². The molecule has 2 N–H and O–H groups in total. The molecule has 0 bridgehead atoms. The summed E-state index contributed by atoms with van der Waals surface area (Å²) < 4.78 is 6.49. The van der Waals surface area contributed by atoms with Crippen LogP contribution in [0.4, 0.5) is 0 Å². The van der Waals surface area contributed by atoms with E-state index in [-0.39, 0.29) is 0 Å². The van der Waals surface area contributed by atoms with E-state index in [2.05, 4.69) is 48.0 Å². The topological polar surface area (TPSA) is 47.6 Å². The van der Waals surface area contributed by atoms with E-state index in [9.17, 15) is 0 Å². The van der Waals surface area contributed by atoms with Crippen molar-refractivity contribution in [2.24, 2.45) is 10.7 Å². The van der Waals surface area contributed by atoms with Crippen LogP contribution in [0.5, 0.6) is 5.75 Å². The smallest absolute Gasteiger partial charge is 0.129 e. The van der Waals surface area contributed by atoms with E-state index in [1.807, 2.05) is 31.2 Å². The summed E-state index contributed by atoms with van der Waals surface area (Å²) in [6.45, 7) is 6.57. The maximum Gasteiger partial charge on any atom is 0.129 e. The number of ether oxygens (including phenoxy) is 1. The third-order valence-corrected chi connectivity index (χ3v) is 3.67. The van der Waals surface area contributed by atoms with Crippen LogP contribution in [-0.4, -0.2) is 19.4 Å². The lowest BCUT2D eigenvalue weighted by atomic mass is 10.0. The molecule has 0 unspecified atom stereocenters. The van der Waals surface area contributed by atoms with E-state index < -0.39 is 0 Å². The molecule has 0 fully saturated rings. The van der Waals surface area contributed by atoms with Crippen LogP contribution in [0.25, 0.3) is 0 Å². The summed E-state index contributed by atoms with van der Waals surface area (Å²) in [6, 6.07) is 5.96. The molecule has 0 spiro atoms. The minimum absolute atomic E-state index is 0.541. The van der Waals surface area contributed by atoms with Gasteiger partial charge < -0.3 is 10.5 Å². The number of nitrogens with zero attached hydrogens (tertiary/aromatic N) is 1. The highest BCUT2D eigenvalue weighted by Crippen LogP contribution is 2.26. The van der Waals surface area contributed by atoms with Crippen molar-refractivity contribution in [2.45, 2.75) is 27.2 Å². The first-order valence-corrected chi connectivity index (χ1v) is 8.43. The average molecular weight is 377 g/mol. The number of methoxy groups -OCH3 is 1. The Bertz CT molecular complexity index is 639. The maximum atomic E-state index is 5.70. The molecule has 1 aromatic carbocycles. The first-order valence-electron chi connectivity index (χ1n) is 7.64. The van der Waals surface area contributed by atoms with Crippen LogP contribution in [0.2, 0.25) is 0 Å². The molecule has 124 valence electrons. The van der Waals surface area contributed by atoms with Crippen LogP contribution < -0.4 is 10.5 Å². The average Bonchev–Trinajstić information content (AvgIpc) is 2.51. The van der Waals surface area contributed by atoms with Gasteiger partial charge in [0, 0.05) is 15.7 Å². The molecule has 0 amide bonds. The zero-order valence-electron chi connectivity index (χ0n) is 14.3. The second-order valence-electron chi connectivity index (χ2n) is 5.17. The molecule has 0 saturated heterocycles. The summed E-state index contributed by atoms with van der Waals surface area (Å²) in [7, 11) is 1.67. The molecule has 1 rings (SSSR count). The standard InChI is InChI=1S/C19H25BrN2O/c1-5-6-7-8-14(2)19(22-12-11-15(3)21)17-10-9-16(20)13-18(17)23-4/h6-11,13H,5,12,21H2,1-4H3/b7-6-,14-8+,15-11+,22-19?. The van der Waals surface area contributed by atoms with E-state index in [0.29, 0.717) is 6.54 Å². The molecular formula is C19H25BrN2O. The maximum absolute atomic E-state index is 5.70. The highest BCUT2D eigenvalue weighted by atomic mass is 79.9. The van der Waals surface area contributed by atoms with Gasteiger partial charge in [-0.15, -0.1) is 0 Å². The van der Waals surface area contributed by atoms with Gasteiger partial charge in [0.05, 0.1) is 19.4 Å². The van der Waals surface area contributed by atoms with Crippen LogP contribution >= 0.6 is 15.9 Å². The van der Waals surface area contributed by atoms with Crippen LogP contribution in [-0.2, 0) is 0 Å². The fraction of sp³-hybridized carbons (Fsp3) is 0.316. The Hall–Kier alpha value is -1.81. The van der Waals surface area contributed by atoms with Gasteiger partial charge in [-0.3, -0.25) is 4.99 Å². The van der Waals surface area contributed by atoms with Gasteiger partial charge in [0.15, 0.2) is 0 Å². The Morgan fingerprint density at radius 3 is 2.70 bits per heavy atom. The zero-order valence-corrected chi connectivity index (χ0v) is 15.9. The zero-order chi connectivity index (χ0) is 17.2. The van der Waals surface area contributed by atoms with Crippen molar-refractivity contribution in [3.8, 4) is 5.75 Å². The lowest BCUT2D eigenvalue weighted by Gasteiger charge is -2.12. The number of halogens is 1. The number of aliphatic imine (C=N–C) groups is 1. The second-order valence-corrected chi connectivity index (χ2v) is 6.08. The van der Waals surface area contributed by atoms with E-state index in [0.717, 1.165) is 39.2 Å². The molecule has 0 radical (unpaired) electrons. The number of hydrogen-bond donors (Lipinski definition) is 1. The molecule has 0 heterocycles. The Balaban J connectivity index is 3.31. The fourth-order valence-electron chi connectivity index (χ4n) is 1.99. The van der Waals surface area contributed by atoms with E-state index in [1.165, 1.54) is 0 Å². The summed E-state index contributed by atoms with van der Waals surface area (Å²) in [5.74, 6) is 0.791. The molecule has 23 heavy (non-hydrogen) atoms. The van der Waals surface area contributed by atoms with E-state index in [1.54, 1.807) is 7.11 Å². The third kappa shape index (κ3) is 6.45. The van der Waals surface area contributed by atoms with Crippen molar-refractivity contribution in [3.63, 3.8) is 0 Å². The van der Waals surface area contributed by atoms with E-state index in [4.69, 9.17) is 15.5 Å². The predicted octanol–water partition coefficient (Wildman–Crippen LogP) is 5.02. The molecule has 0 aliphatic heterocycles. The monoisotopic (exact) mass is 376 g/mol. The fourth-order valence-corrected chi connectivity index (χ4v) is 2.33. The van der Waals surface area contributed by atoms with Gasteiger partial charge in [0.1, 0.15) is 5.75 Å². The Morgan fingerprint density at radius 1 is 1.35 bits per heavy atom. The first-order chi connectivity index (χ1) is 11.0. The van der Waals surface area contributed by atoms with Gasteiger partial charge in [0.25, 0.3) is 0 Å². The molecule has 3 nitrogen and oxygen atoms in total. The summed E-state index contributed by atoms with van der Waals surface area (Å²) in [4.78, 5) is 4.71. The molecule has 0 atom stereocenters. The van der Waals surface area contributed by atoms with Crippen LogP contribution in [0.3, 0.4) is 0 Å². The van der Waals surface area contributed by atoms with Crippen molar-refractivity contribution < 1.29 is 4.74 Å². The van der Waals surface area contributed by atoms with Gasteiger partial charge in [-0.25, -0.2) is 0 Å². The summed E-state index contributed by atoms with van der Waals surface area (Å²) >= 11 is 3.47. The van der Waals surface area contributed by atoms with Gasteiger partial charge in [-0.1, -0.05) is 41.1 Å².